The number of halogens is 1. The number of thioether (sulfide) groups is 1. The van der Waals surface area contributed by atoms with Gasteiger partial charge in [0.15, 0.2) is 0 Å². The Morgan fingerprint density at radius 3 is 2.78 bits per heavy atom. The summed E-state index contributed by atoms with van der Waals surface area (Å²) in [6.07, 6.45) is 1.09. The summed E-state index contributed by atoms with van der Waals surface area (Å²) in [7, 11) is 1.52. The molecule has 7 nitrogen and oxygen atoms in total. The van der Waals surface area contributed by atoms with Crippen LogP contribution in [0.1, 0.15) is 15.9 Å². The van der Waals surface area contributed by atoms with Crippen molar-refractivity contribution in [3.8, 4) is 5.75 Å². The van der Waals surface area contributed by atoms with E-state index in [9.17, 15) is 14.9 Å². The summed E-state index contributed by atoms with van der Waals surface area (Å²) in [5.41, 5.74) is 5.88. The summed E-state index contributed by atoms with van der Waals surface area (Å²) >= 11 is 7.29. The lowest BCUT2D eigenvalue weighted by molar-refractivity contribution is -0.385. The molecule has 1 aromatic carbocycles. The van der Waals surface area contributed by atoms with Crippen LogP contribution < -0.4 is 10.5 Å². The summed E-state index contributed by atoms with van der Waals surface area (Å²) in [6, 6.07) is 6.42. The van der Waals surface area contributed by atoms with Crippen molar-refractivity contribution in [2.45, 2.75) is 10.8 Å². The lowest BCUT2D eigenvalue weighted by Crippen LogP contribution is -2.13. The number of ether oxygens (including phenoxy) is 1. The van der Waals surface area contributed by atoms with Gasteiger partial charge in [-0.3, -0.25) is 14.9 Å². The Morgan fingerprint density at radius 1 is 1.48 bits per heavy atom. The van der Waals surface area contributed by atoms with Gasteiger partial charge in [0.1, 0.15) is 17.0 Å². The van der Waals surface area contributed by atoms with E-state index in [2.05, 4.69) is 4.98 Å². The third kappa shape index (κ3) is 4.11. The first kappa shape index (κ1) is 17.0. The molecule has 0 spiro atoms. The number of methoxy groups -OCH3 is 1. The Balaban J connectivity index is 2.21. The zero-order valence-electron chi connectivity index (χ0n) is 12.0. The van der Waals surface area contributed by atoms with Gasteiger partial charge in [-0.15, -0.1) is 11.8 Å². The molecule has 0 fully saturated rings. The molecule has 0 saturated heterocycles. The predicted molar refractivity (Wildman–Crippen MR) is 87.0 cm³/mol. The van der Waals surface area contributed by atoms with Gasteiger partial charge in [-0.05, 0) is 17.7 Å². The Labute approximate surface area is 140 Å². The normalized spacial score (nSPS) is 10.3. The molecule has 1 heterocycles. The van der Waals surface area contributed by atoms with Crippen LogP contribution >= 0.6 is 23.4 Å². The molecule has 0 aliphatic heterocycles. The molecular weight excluding hydrogens is 342 g/mol. The molecule has 0 saturated carbocycles. The minimum atomic E-state index is -0.767. The Bertz CT molecular complexity index is 770. The van der Waals surface area contributed by atoms with Crippen LogP contribution in [0.5, 0.6) is 5.75 Å². The van der Waals surface area contributed by atoms with E-state index in [0.29, 0.717) is 21.6 Å². The fraction of sp³-hybridized carbons (Fsp3) is 0.143. The number of carbonyl (C=O) groups is 1. The maximum Gasteiger partial charge on any atom is 0.288 e. The summed E-state index contributed by atoms with van der Waals surface area (Å²) in [4.78, 5) is 25.5. The number of carbonyl (C=O) groups excluding carboxylic acids is 1. The van der Waals surface area contributed by atoms with Gasteiger partial charge in [0, 0.05) is 11.8 Å². The van der Waals surface area contributed by atoms with Gasteiger partial charge in [0.05, 0.1) is 22.6 Å². The smallest absolute Gasteiger partial charge is 0.288 e. The van der Waals surface area contributed by atoms with Crippen molar-refractivity contribution in [1.29, 1.82) is 0 Å². The van der Waals surface area contributed by atoms with E-state index in [0.717, 1.165) is 17.8 Å². The van der Waals surface area contributed by atoms with Gasteiger partial charge in [0.25, 0.3) is 11.6 Å². The number of amides is 1. The van der Waals surface area contributed by atoms with E-state index in [1.54, 1.807) is 12.1 Å². The zero-order valence-corrected chi connectivity index (χ0v) is 13.6. The number of hydrogen-bond acceptors (Lipinski definition) is 6. The maximum absolute atomic E-state index is 11.5. The molecule has 2 N–H and O–H groups in total. The quantitative estimate of drug-likeness (QED) is 0.485. The molecule has 0 aliphatic carbocycles. The molecule has 2 rings (SSSR count). The van der Waals surface area contributed by atoms with Crippen molar-refractivity contribution in [3.63, 3.8) is 0 Å². The van der Waals surface area contributed by atoms with Crippen LogP contribution in [0.15, 0.2) is 35.5 Å². The van der Waals surface area contributed by atoms with Crippen LogP contribution in [-0.4, -0.2) is 22.9 Å². The van der Waals surface area contributed by atoms with Gasteiger partial charge in [-0.1, -0.05) is 17.7 Å². The van der Waals surface area contributed by atoms with Crippen LogP contribution in [0, 0.1) is 10.1 Å². The average molecular weight is 354 g/mol. The summed E-state index contributed by atoms with van der Waals surface area (Å²) < 4.78 is 5.07. The van der Waals surface area contributed by atoms with Crippen LogP contribution in [-0.2, 0) is 5.75 Å². The number of aromatic nitrogens is 1. The lowest BCUT2D eigenvalue weighted by atomic mass is 10.2. The molecule has 0 radical (unpaired) electrons. The molecule has 9 heteroatoms. The molecule has 1 amide bonds. The SMILES string of the molecule is COc1ccc(CSc2ncc([N+](=O)[O-])cc2C(N)=O)cc1Cl. The standard InChI is InChI=1S/C14H12ClN3O4S/c1-22-12-3-2-8(4-11(12)15)7-23-14-10(13(16)19)5-9(6-17-14)18(20)21/h2-6H,7H2,1H3,(H2,16,19). The predicted octanol–water partition coefficient (Wildman–Crippen LogP) is 3.04. The van der Waals surface area contributed by atoms with E-state index >= 15 is 0 Å². The molecule has 1 aromatic heterocycles. The Kier molecular flexibility index (Phi) is 5.41. The number of pyridine rings is 1. The van der Waals surface area contributed by atoms with Gasteiger partial charge in [0.2, 0.25) is 0 Å². The van der Waals surface area contributed by atoms with Gasteiger partial charge < -0.3 is 10.5 Å². The van der Waals surface area contributed by atoms with Crippen LogP contribution in [0.25, 0.3) is 0 Å². The third-order valence-corrected chi connectivity index (χ3v) is 4.28. The highest BCUT2D eigenvalue weighted by atomic mass is 35.5. The number of hydrogen-bond donors (Lipinski definition) is 1. The fourth-order valence-electron chi connectivity index (χ4n) is 1.78. The minimum Gasteiger partial charge on any atom is -0.495 e. The second kappa shape index (κ2) is 7.30. The summed E-state index contributed by atoms with van der Waals surface area (Å²) in [6.45, 7) is 0. The highest BCUT2D eigenvalue weighted by Gasteiger charge is 2.16. The van der Waals surface area contributed by atoms with E-state index in [4.69, 9.17) is 22.1 Å². The first-order chi connectivity index (χ1) is 10.9. The van der Waals surface area contributed by atoms with E-state index in [1.807, 2.05) is 6.07 Å². The summed E-state index contributed by atoms with van der Waals surface area (Å²) in [5.74, 6) is 0.262. The van der Waals surface area contributed by atoms with Crippen molar-refractivity contribution in [2.24, 2.45) is 5.73 Å². The molecule has 120 valence electrons. The topological polar surface area (TPSA) is 108 Å². The number of primary amides is 1. The fourth-order valence-corrected chi connectivity index (χ4v) is 2.99. The maximum atomic E-state index is 11.5. The first-order valence-electron chi connectivity index (χ1n) is 6.32. The van der Waals surface area contributed by atoms with Crippen LogP contribution in [0.4, 0.5) is 5.69 Å². The van der Waals surface area contributed by atoms with E-state index in [-0.39, 0.29) is 11.3 Å². The Morgan fingerprint density at radius 2 is 2.22 bits per heavy atom. The second-order valence-corrected chi connectivity index (χ2v) is 5.80. The first-order valence-corrected chi connectivity index (χ1v) is 7.68. The number of nitrogens with two attached hydrogens (primary N) is 1. The third-order valence-electron chi connectivity index (χ3n) is 2.90. The van der Waals surface area contributed by atoms with Crippen LogP contribution in [0.3, 0.4) is 0 Å². The van der Waals surface area contributed by atoms with Crippen molar-refractivity contribution < 1.29 is 14.5 Å². The lowest BCUT2D eigenvalue weighted by Gasteiger charge is -2.07. The molecule has 0 atom stereocenters. The number of benzene rings is 1. The van der Waals surface area contributed by atoms with Gasteiger partial charge in [-0.2, -0.15) is 0 Å². The molecule has 0 unspecified atom stereocenters. The Hall–Kier alpha value is -2.32. The number of nitro groups is 1. The van der Waals surface area contributed by atoms with Crippen molar-refractivity contribution >= 4 is 35.0 Å². The van der Waals surface area contributed by atoms with E-state index < -0.39 is 10.8 Å². The number of nitrogens with zero attached hydrogens (tertiary/aromatic N) is 2. The molecule has 2 aromatic rings. The summed E-state index contributed by atoms with van der Waals surface area (Å²) in [5, 5.41) is 11.5. The minimum absolute atomic E-state index is 0.0174. The molecule has 23 heavy (non-hydrogen) atoms. The van der Waals surface area contributed by atoms with Crippen molar-refractivity contribution in [3.05, 3.63) is 56.7 Å². The molecule has 0 bridgehead atoms. The molecular formula is C14H12ClN3O4S. The van der Waals surface area contributed by atoms with Gasteiger partial charge >= 0.3 is 0 Å². The monoisotopic (exact) mass is 353 g/mol. The number of rotatable bonds is 6. The van der Waals surface area contributed by atoms with Gasteiger partial charge in [-0.25, -0.2) is 4.98 Å². The second-order valence-electron chi connectivity index (χ2n) is 4.43. The van der Waals surface area contributed by atoms with Crippen molar-refractivity contribution in [2.75, 3.05) is 7.11 Å². The largest absolute Gasteiger partial charge is 0.495 e. The van der Waals surface area contributed by atoms with Crippen LogP contribution in [0.2, 0.25) is 5.02 Å². The van der Waals surface area contributed by atoms with E-state index in [1.165, 1.54) is 18.9 Å². The van der Waals surface area contributed by atoms with Crippen molar-refractivity contribution in [1.82, 2.24) is 4.98 Å². The highest BCUT2D eigenvalue weighted by Crippen LogP contribution is 2.30. The average Bonchev–Trinajstić information content (AvgIpc) is 2.52. The zero-order chi connectivity index (χ0) is 17.0. The highest BCUT2D eigenvalue weighted by molar-refractivity contribution is 7.98. The molecule has 0 aliphatic rings.